The van der Waals surface area contributed by atoms with E-state index in [0.29, 0.717) is 5.82 Å². The van der Waals surface area contributed by atoms with E-state index < -0.39 is 11.9 Å². The number of carboxylic acids is 2. The Balaban J connectivity index is 0.00000200. The molecule has 0 saturated heterocycles. The molecule has 0 radical (unpaired) electrons. The van der Waals surface area contributed by atoms with Crippen molar-refractivity contribution in [3.8, 4) is 0 Å². The van der Waals surface area contributed by atoms with Gasteiger partial charge in [0, 0.05) is 17.4 Å². The number of aromatic carboxylic acids is 2. The van der Waals surface area contributed by atoms with E-state index in [1.807, 2.05) is 0 Å². The van der Waals surface area contributed by atoms with Gasteiger partial charge in [0.25, 0.3) is 0 Å². The van der Waals surface area contributed by atoms with Crippen molar-refractivity contribution >= 4 is 23.4 Å². The molecule has 6 nitrogen and oxygen atoms in total. The van der Waals surface area contributed by atoms with Gasteiger partial charge in [0.1, 0.15) is 5.82 Å². The minimum absolute atomic E-state index is 0. The molecule has 0 atom stereocenters. The Morgan fingerprint density at radius 1 is 1.00 bits per heavy atom. The second kappa shape index (κ2) is 9.19. The first-order chi connectivity index (χ1) is 9.08. The molecule has 0 saturated carbocycles. The number of pyridine rings is 1. The third-order valence-corrected chi connectivity index (χ3v) is 2.40. The number of benzene rings is 1. The van der Waals surface area contributed by atoms with Crippen molar-refractivity contribution in [2.45, 2.75) is 0 Å². The van der Waals surface area contributed by atoms with E-state index in [1.54, 1.807) is 18.2 Å². The fourth-order valence-electron chi connectivity index (χ4n) is 1.52. The summed E-state index contributed by atoms with van der Waals surface area (Å²) in [4.78, 5) is 25.7. The van der Waals surface area contributed by atoms with Crippen LogP contribution in [-0.2, 0) is 0 Å². The predicted octanol–water partition coefficient (Wildman–Crippen LogP) is -6.44. The smallest absolute Gasteiger partial charge is 0.545 e. The van der Waals surface area contributed by atoms with Gasteiger partial charge in [-0.25, -0.2) is 4.98 Å². The van der Waals surface area contributed by atoms with E-state index in [9.17, 15) is 19.8 Å². The van der Waals surface area contributed by atoms with E-state index >= 15 is 0 Å². The van der Waals surface area contributed by atoms with Crippen LogP contribution < -0.4 is 74.6 Å². The summed E-state index contributed by atoms with van der Waals surface area (Å²) in [5, 5.41) is 24.5. The standard InChI is InChI=1S/C13H10N2O4.2Na/c16-12(17)8-4-5-10(9(7-8)13(18)19)15-11-3-1-2-6-14-11;;/h1-7H,(H,14,15)(H,16,17)(H,18,19);;/q;2*+1/p-2. The Labute approximate surface area is 165 Å². The molecule has 0 amide bonds. The van der Waals surface area contributed by atoms with Crippen LogP contribution in [0.3, 0.4) is 0 Å². The molecule has 0 bridgehead atoms. The molecule has 2 aromatic rings. The molecule has 1 heterocycles. The molecule has 0 aliphatic carbocycles. The number of nitrogens with one attached hydrogen (secondary N) is 1. The van der Waals surface area contributed by atoms with Crippen LogP contribution in [-0.4, -0.2) is 16.9 Å². The zero-order chi connectivity index (χ0) is 13.8. The summed E-state index contributed by atoms with van der Waals surface area (Å²) in [6.07, 6.45) is 1.54. The van der Waals surface area contributed by atoms with Gasteiger partial charge in [-0.15, -0.1) is 0 Å². The number of aromatic nitrogens is 1. The van der Waals surface area contributed by atoms with Crippen LogP contribution in [0.5, 0.6) is 0 Å². The van der Waals surface area contributed by atoms with Gasteiger partial charge in [-0.2, -0.15) is 0 Å². The number of hydrogen-bond acceptors (Lipinski definition) is 6. The summed E-state index contributed by atoms with van der Waals surface area (Å²) in [6, 6.07) is 8.63. The van der Waals surface area contributed by atoms with Crippen molar-refractivity contribution < 1.29 is 78.9 Å². The molecular formula is C13H8N2Na2O4. The first-order valence-electron chi connectivity index (χ1n) is 5.33. The molecule has 0 unspecified atom stereocenters. The third-order valence-electron chi connectivity index (χ3n) is 2.40. The summed E-state index contributed by atoms with van der Waals surface area (Å²) in [7, 11) is 0. The fraction of sp³-hybridized carbons (Fsp3) is 0. The fourth-order valence-corrected chi connectivity index (χ4v) is 1.52. The molecule has 2 rings (SSSR count). The molecule has 0 fully saturated rings. The zero-order valence-corrected chi connectivity index (χ0v) is 15.6. The van der Waals surface area contributed by atoms with Gasteiger partial charge < -0.3 is 25.1 Å². The molecule has 0 aliphatic heterocycles. The largest absolute Gasteiger partial charge is 1.00 e. The van der Waals surface area contributed by atoms with E-state index in [4.69, 9.17) is 0 Å². The van der Waals surface area contributed by atoms with Crippen LogP contribution in [0.4, 0.5) is 11.5 Å². The predicted molar refractivity (Wildman–Crippen MR) is 62.6 cm³/mol. The third kappa shape index (κ3) is 5.43. The first kappa shape index (κ1) is 20.1. The monoisotopic (exact) mass is 302 g/mol. The minimum Gasteiger partial charge on any atom is -0.545 e. The van der Waals surface area contributed by atoms with Crippen LogP contribution in [0.25, 0.3) is 0 Å². The normalized spacial score (nSPS) is 8.95. The maximum absolute atomic E-state index is 11.0. The van der Waals surface area contributed by atoms with Gasteiger partial charge in [0.2, 0.25) is 0 Å². The number of rotatable bonds is 4. The number of anilines is 2. The Morgan fingerprint density at radius 2 is 1.71 bits per heavy atom. The van der Waals surface area contributed by atoms with Crippen molar-refractivity contribution in [3.63, 3.8) is 0 Å². The van der Waals surface area contributed by atoms with Gasteiger partial charge in [-0.05, 0) is 29.8 Å². The zero-order valence-electron chi connectivity index (χ0n) is 11.6. The summed E-state index contributed by atoms with van der Waals surface area (Å²) < 4.78 is 0. The summed E-state index contributed by atoms with van der Waals surface area (Å²) in [5.41, 5.74) is -0.304. The van der Waals surface area contributed by atoms with Crippen LogP contribution >= 0.6 is 0 Å². The molecule has 96 valence electrons. The number of carboxylic acid groups (broad SMARTS) is 2. The van der Waals surface area contributed by atoms with Crippen LogP contribution in [0.1, 0.15) is 20.7 Å². The number of nitrogens with zero attached hydrogens (tertiary/aromatic N) is 1. The molecule has 1 aromatic heterocycles. The second-order valence-electron chi connectivity index (χ2n) is 3.68. The van der Waals surface area contributed by atoms with Crippen molar-refractivity contribution in [1.29, 1.82) is 0 Å². The van der Waals surface area contributed by atoms with Crippen LogP contribution in [0.2, 0.25) is 0 Å². The second-order valence-corrected chi connectivity index (χ2v) is 3.68. The quantitative estimate of drug-likeness (QED) is 0.563. The first-order valence-corrected chi connectivity index (χ1v) is 5.33. The van der Waals surface area contributed by atoms with Gasteiger partial charge in [-0.3, -0.25) is 0 Å². The Bertz CT molecular complexity index is 635. The van der Waals surface area contributed by atoms with Crippen LogP contribution in [0, 0.1) is 0 Å². The van der Waals surface area contributed by atoms with E-state index in [2.05, 4.69) is 10.3 Å². The van der Waals surface area contributed by atoms with Crippen molar-refractivity contribution in [1.82, 2.24) is 4.98 Å². The number of carbonyl (C=O) groups is 2. The number of carbonyl (C=O) groups excluding carboxylic acids is 2. The SMILES string of the molecule is O=C([O-])c1ccc(Nc2ccccn2)c(C(=O)[O-])c1.[Na+].[Na+]. The Hall–Kier alpha value is -0.890. The number of hydrogen-bond donors (Lipinski definition) is 1. The molecule has 0 aliphatic rings. The molecule has 1 N–H and O–H groups in total. The van der Waals surface area contributed by atoms with Crippen molar-refractivity contribution in [3.05, 3.63) is 53.7 Å². The maximum atomic E-state index is 11.0. The van der Waals surface area contributed by atoms with E-state index in [0.717, 1.165) is 6.07 Å². The van der Waals surface area contributed by atoms with Gasteiger partial charge >= 0.3 is 59.1 Å². The average molecular weight is 302 g/mol. The summed E-state index contributed by atoms with van der Waals surface area (Å²) >= 11 is 0. The van der Waals surface area contributed by atoms with Crippen LogP contribution in [0.15, 0.2) is 42.6 Å². The van der Waals surface area contributed by atoms with E-state index in [1.165, 1.54) is 18.3 Å². The molecule has 1 aromatic carbocycles. The topological polar surface area (TPSA) is 105 Å². The average Bonchev–Trinajstić information content (AvgIpc) is 2.39. The van der Waals surface area contributed by atoms with Crippen molar-refractivity contribution in [2.75, 3.05) is 5.32 Å². The molecular weight excluding hydrogens is 294 g/mol. The minimum atomic E-state index is -1.48. The Kier molecular flexibility index (Phi) is 8.80. The van der Waals surface area contributed by atoms with Gasteiger partial charge in [0.05, 0.1) is 11.9 Å². The summed E-state index contributed by atoms with van der Waals surface area (Å²) in [6.45, 7) is 0. The van der Waals surface area contributed by atoms with Gasteiger partial charge in [-0.1, -0.05) is 12.1 Å². The summed E-state index contributed by atoms with van der Waals surface area (Å²) in [5.74, 6) is -2.50. The van der Waals surface area contributed by atoms with E-state index in [-0.39, 0.29) is 75.9 Å². The Morgan fingerprint density at radius 3 is 2.24 bits per heavy atom. The molecule has 21 heavy (non-hydrogen) atoms. The van der Waals surface area contributed by atoms with Crippen molar-refractivity contribution in [2.24, 2.45) is 0 Å². The molecule has 8 heteroatoms. The molecule has 0 spiro atoms. The van der Waals surface area contributed by atoms with Gasteiger partial charge in [0.15, 0.2) is 0 Å². The maximum Gasteiger partial charge on any atom is 1.00 e.